The number of rotatable bonds is 3. The normalized spacial score (nSPS) is 19.4. The Morgan fingerprint density at radius 2 is 1.92 bits per heavy atom. The summed E-state index contributed by atoms with van der Waals surface area (Å²) in [4.78, 5) is 2.81. The van der Waals surface area contributed by atoms with Crippen molar-refractivity contribution in [3.8, 4) is 0 Å². The lowest BCUT2D eigenvalue weighted by Gasteiger charge is -2.35. The third-order valence-corrected chi connectivity index (χ3v) is 5.75. The molecule has 1 aromatic heterocycles. The van der Waals surface area contributed by atoms with Crippen LogP contribution in [0, 0.1) is 17.5 Å². The molecular formula is C15H14F3N3O2S. The lowest BCUT2D eigenvalue weighted by molar-refractivity contribution is 0.269. The highest BCUT2D eigenvalue weighted by molar-refractivity contribution is 7.89. The maximum Gasteiger partial charge on any atom is 0.249 e. The predicted molar refractivity (Wildman–Crippen MR) is 80.1 cm³/mol. The number of benzene rings is 1. The van der Waals surface area contributed by atoms with E-state index in [0.29, 0.717) is 24.2 Å². The number of halogens is 3. The van der Waals surface area contributed by atoms with Crippen molar-refractivity contribution in [2.45, 2.75) is 10.9 Å². The number of hydrogen-bond acceptors (Lipinski definition) is 4. The van der Waals surface area contributed by atoms with Crippen LogP contribution in [-0.2, 0) is 10.0 Å². The summed E-state index contributed by atoms with van der Waals surface area (Å²) in [5, 5.41) is 3.04. The zero-order chi connectivity index (χ0) is 17.3. The van der Waals surface area contributed by atoms with Crippen molar-refractivity contribution >= 4 is 10.0 Å². The van der Waals surface area contributed by atoms with Crippen LogP contribution in [0.1, 0.15) is 11.6 Å². The van der Waals surface area contributed by atoms with Gasteiger partial charge in [-0.2, -0.15) is 4.31 Å². The Morgan fingerprint density at radius 1 is 1.21 bits per heavy atom. The van der Waals surface area contributed by atoms with Crippen molar-refractivity contribution in [2.75, 3.05) is 19.6 Å². The Bertz CT molecular complexity index is 823. The van der Waals surface area contributed by atoms with Gasteiger partial charge >= 0.3 is 0 Å². The van der Waals surface area contributed by atoms with Gasteiger partial charge in [0.25, 0.3) is 0 Å². The maximum atomic E-state index is 14.0. The Hall–Kier alpha value is -1.97. The molecule has 1 saturated heterocycles. The van der Waals surface area contributed by atoms with E-state index in [4.69, 9.17) is 0 Å². The molecule has 0 amide bonds. The van der Waals surface area contributed by atoms with E-state index in [1.165, 1.54) is 12.4 Å². The summed E-state index contributed by atoms with van der Waals surface area (Å²) < 4.78 is 67.6. The van der Waals surface area contributed by atoms with Gasteiger partial charge in [0.05, 0.1) is 6.04 Å². The van der Waals surface area contributed by atoms with Gasteiger partial charge < -0.3 is 5.32 Å². The van der Waals surface area contributed by atoms with Crippen LogP contribution < -0.4 is 5.32 Å². The fraction of sp³-hybridized carbons (Fsp3) is 0.267. The largest absolute Gasteiger partial charge is 0.313 e. The zero-order valence-corrected chi connectivity index (χ0v) is 13.2. The molecule has 0 aliphatic carbocycles. The Balaban J connectivity index is 2.08. The summed E-state index contributed by atoms with van der Waals surface area (Å²) >= 11 is 0. The van der Waals surface area contributed by atoms with Crippen molar-refractivity contribution in [2.24, 2.45) is 0 Å². The smallest absolute Gasteiger partial charge is 0.249 e. The Labute approximate surface area is 137 Å². The number of hydrogen-bond donors (Lipinski definition) is 1. The molecule has 1 fully saturated rings. The predicted octanol–water partition coefficient (Wildman–Crippen LogP) is 1.83. The molecule has 9 heteroatoms. The van der Waals surface area contributed by atoms with Gasteiger partial charge in [0.1, 0.15) is 17.5 Å². The quantitative estimate of drug-likeness (QED) is 0.911. The molecule has 0 bridgehead atoms. The fourth-order valence-electron chi connectivity index (χ4n) is 2.72. The van der Waals surface area contributed by atoms with E-state index < -0.39 is 38.4 Å². The zero-order valence-electron chi connectivity index (χ0n) is 12.4. The third kappa shape index (κ3) is 3.02. The van der Waals surface area contributed by atoms with Crippen LogP contribution in [0.15, 0.2) is 41.6 Å². The van der Waals surface area contributed by atoms with Gasteiger partial charge in [0.2, 0.25) is 10.0 Å². The highest BCUT2D eigenvalue weighted by Crippen LogP contribution is 2.31. The molecule has 1 aromatic carbocycles. The molecule has 0 saturated carbocycles. The highest BCUT2D eigenvalue weighted by atomic mass is 32.2. The summed E-state index contributed by atoms with van der Waals surface area (Å²) in [5.41, 5.74) is 0.594. The second kappa shape index (κ2) is 6.50. The standard InChI is InChI=1S/C15H14F3N3O2S/c16-11-6-12(17)15(13(18)7-11)24(22,23)21-5-4-20-9-14(21)10-2-1-3-19-8-10/h1-3,6-8,14,20H,4-5,9H2. The van der Waals surface area contributed by atoms with E-state index in [-0.39, 0.29) is 13.1 Å². The molecule has 1 atom stereocenters. The second-order valence-electron chi connectivity index (χ2n) is 5.32. The van der Waals surface area contributed by atoms with Gasteiger partial charge in [-0.25, -0.2) is 21.6 Å². The first-order chi connectivity index (χ1) is 11.4. The van der Waals surface area contributed by atoms with E-state index in [1.807, 2.05) is 0 Å². The van der Waals surface area contributed by atoms with Gasteiger partial charge in [-0.05, 0) is 11.6 Å². The summed E-state index contributed by atoms with van der Waals surface area (Å²) in [6.07, 6.45) is 3.04. The first-order valence-electron chi connectivity index (χ1n) is 7.18. The first-order valence-corrected chi connectivity index (χ1v) is 8.62. The maximum absolute atomic E-state index is 14.0. The molecular weight excluding hydrogens is 343 g/mol. The number of aromatic nitrogens is 1. The molecule has 1 aliphatic rings. The minimum absolute atomic E-state index is 0.0259. The minimum atomic E-state index is -4.49. The summed E-state index contributed by atoms with van der Waals surface area (Å²) in [5.74, 6) is -4.07. The Morgan fingerprint density at radius 3 is 2.54 bits per heavy atom. The van der Waals surface area contributed by atoms with Crippen molar-refractivity contribution in [1.29, 1.82) is 0 Å². The van der Waals surface area contributed by atoms with E-state index in [2.05, 4.69) is 10.3 Å². The number of piperazine rings is 1. The van der Waals surface area contributed by atoms with Crippen LogP contribution in [0.5, 0.6) is 0 Å². The lowest BCUT2D eigenvalue weighted by Crippen LogP contribution is -2.48. The van der Waals surface area contributed by atoms with Crippen LogP contribution in [0.2, 0.25) is 0 Å². The van der Waals surface area contributed by atoms with Crippen LogP contribution in [0.4, 0.5) is 13.2 Å². The van der Waals surface area contributed by atoms with Crippen molar-refractivity contribution in [1.82, 2.24) is 14.6 Å². The molecule has 0 radical (unpaired) electrons. The van der Waals surface area contributed by atoms with E-state index in [1.54, 1.807) is 12.1 Å². The van der Waals surface area contributed by atoms with Crippen LogP contribution in [0.3, 0.4) is 0 Å². The molecule has 2 aromatic rings. The van der Waals surface area contributed by atoms with Crippen molar-refractivity contribution < 1.29 is 21.6 Å². The summed E-state index contributed by atoms with van der Waals surface area (Å²) in [6, 6.07) is 3.38. The van der Waals surface area contributed by atoms with Gasteiger partial charge in [-0.15, -0.1) is 0 Å². The van der Waals surface area contributed by atoms with Gasteiger partial charge in [0.15, 0.2) is 4.90 Å². The average molecular weight is 357 g/mol. The van der Waals surface area contributed by atoms with Crippen LogP contribution in [-0.4, -0.2) is 37.3 Å². The number of nitrogens with one attached hydrogen (secondary N) is 1. The van der Waals surface area contributed by atoms with Gasteiger partial charge in [-0.3, -0.25) is 4.98 Å². The molecule has 0 spiro atoms. The fourth-order valence-corrected chi connectivity index (χ4v) is 4.43. The monoisotopic (exact) mass is 357 g/mol. The van der Waals surface area contributed by atoms with E-state index in [9.17, 15) is 21.6 Å². The van der Waals surface area contributed by atoms with Crippen LogP contribution >= 0.6 is 0 Å². The number of pyridine rings is 1. The number of nitrogens with zero attached hydrogens (tertiary/aromatic N) is 2. The molecule has 3 rings (SSSR count). The molecule has 1 unspecified atom stereocenters. The van der Waals surface area contributed by atoms with Crippen LogP contribution in [0.25, 0.3) is 0 Å². The van der Waals surface area contributed by atoms with E-state index >= 15 is 0 Å². The lowest BCUT2D eigenvalue weighted by atomic mass is 10.1. The molecule has 24 heavy (non-hydrogen) atoms. The van der Waals surface area contributed by atoms with E-state index in [0.717, 1.165) is 4.31 Å². The number of sulfonamides is 1. The summed E-state index contributed by atoms with van der Waals surface area (Å²) in [6.45, 7) is 0.633. The minimum Gasteiger partial charge on any atom is -0.313 e. The molecule has 5 nitrogen and oxygen atoms in total. The second-order valence-corrected chi connectivity index (χ2v) is 7.15. The summed E-state index contributed by atoms with van der Waals surface area (Å²) in [7, 11) is -4.49. The topological polar surface area (TPSA) is 62.3 Å². The van der Waals surface area contributed by atoms with Gasteiger partial charge in [-0.1, -0.05) is 6.07 Å². The molecule has 1 N–H and O–H groups in total. The Kier molecular flexibility index (Phi) is 4.57. The van der Waals surface area contributed by atoms with Gasteiger partial charge in [0, 0.05) is 44.2 Å². The van der Waals surface area contributed by atoms with Crippen molar-refractivity contribution in [3.05, 3.63) is 59.7 Å². The molecule has 128 valence electrons. The SMILES string of the molecule is O=S(=O)(c1c(F)cc(F)cc1F)N1CCNCC1c1cccnc1. The highest BCUT2D eigenvalue weighted by Gasteiger charge is 2.38. The van der Waals surface area contributed by atoms with Crippen molar-refractivity contribution in [3.63, 3.8) is 0 Å². The first kappa shape index (κ1) is 16.9. The molecule has 1 aliphatic heterocycles. The molecule has 2 heterocycles. The average Bonchev–Trinajstić information content (AvgIpc) is 2.54. The third-order valence-electron chi connectivity index (χ3n) is 3.79.